The molecule has 10 heteroatoms. The number of anilines is 1. The van der Waals surface area contributed by atoms with Crippen LogP contribution >= 0.6 is 0 Å². The Balaban J connectivity index is 1.01. The monoisotopic (exact) mass is 549 g/mol. The molecule has 0 radical (unpaired) electrons. The Bertz CT molecular complexity index is 1530. The van der Waals surface area contributed by atoms with Crippen molar-refractivity contribution in [2.24, 2.45) is 5.41 Å². The van der Waals surface area contributed by atoms with Crippen LogP contribution in [0.2, 0.25) is 0 Å². The molecule has 6 rings (SSSR count). The summed E-state index contributed by atoms with van der Waals surface area (Å²) in [5, 5.41) is 7.53. The number of amides is 1. The van der Waals surface area contributed by atoms with Gasteiger partial charge in [0.1, 0.15) is 11.3 Å². The van der Waals surface area contributed by atoms with Crippen LogP contribution in [0.25, 0.3) is 5.65 Å². The van der Waals surface area contributed by atoms with E-state index in [9.17, 15) is 18.0 Å². The largest absolute Gasteiger partial charge is 0.573 e. The van der Waals surface area contributed by atoms with Gasteiger partial charge in [-0.2, -0.15) is 5.10 Å². The second-order valence-electron chi connectivity index (χ2n) is 10.9. The zero-order valence-corrected chi connectivity index (χ0v) is 22.3. The van der Waals surface area contributed by atoms with E-state index < -0.39 is 6.36 Å². The van der Waals surface area contributed by atoms with Crippen molar-refractivity contribution in [3.05, 3.63) is 88.9 Å². The summed E-state index contributed by atoms with van der Waals surface area (Å²) >= 11 is 0. The topological polar surface area (TPSA) is 71.8 Å². The third-order valence-electron chi connectivity index (χ3n) is 8.01. The van der Waals surface area contributed by atoms with Crippen molar-refractivity contribution in [2.45, 2.75) is 51.9 Å². The lowest BCUT2D eigenvalue weighted by atomic mass is 9.56. The highest BCUT2D eigenvalue weighted by atomic mass is 19.4. The Morgan fingerprint density at radius 1 is 1.07 bits per heavy atom. The van der Waals surface area contributed by atoms with Crippen LogP contribution in [0.3, 0.4) is 0 Å². The van der Waals surface area contributed by atoms with E-state index in [1.54, 1.807) is 16.6 Å². The fraction of sp³-hybridized carbons (Fsp3) is 0.367. The molecule has 40 heavy (non-hydrogen) atoms. The number of hydrogen-bond acceptors (Lipinski definition) is 5. The van der Waals surface area contributed by atoms with E-state index in [1.807, 2.05) is 26.1 Å². The average Bonchev–Trinajstić information content (AvgIpc) is 3.24. The van der Waals surface area contributed by atoms with Crippen molar-refractivity contribution in [1.82, 2.24) is 19.9 Å². The molecule has 1 aliphatic carbocycles. The smallest absolute Gasteiger partial charge is 0.406 e. The normalized spacial score (nSPS) is 16.6. The Hall–Kier alpha value is -4.08. The first-order valence-electron chi connectivity index (χ1n) is 13.4. The van der Waals surface area contributed by atoms with Gasteiger partial charge in [-0.15, -0.1) is 13.2 Å². The summed E-state index contributed by atoms with van der Waals surface area (Å²) in [6.45, 7) is 6.10. The van der Waals surface area contributed by atoms with E-state index in [0.29, 0.717) is 30.1 Å². The maximum absolute atomic E-state index is 13.1. The minimum Gasteiger partial charge on any atom is -0.406 e. The number of carbonyl (C=O) groups is 1. The predicted octanol–water partition coefficient (Wildman–Crippen LogP) is 5.81. The fourth-order valence-electron chi connectivity index (χ4n) is 6.01. The van der Waals surface area contributed by atoms with E-state index in [4.69, 9.17) is 0 Å². The Morgan fingerprint density at radius 2 is 1.77 bits per heavy atom. The number of alkyl halides is 3. The van der Waals surface area contributed by atoms with E-state index in [-0.39, 0.29) is 17.1 Å². The zero-order chi connectivity index (χ0) is 28.1. The minimum absolute atomic E-state index is 0.174. The number of nitrogens with zero attached hydrogens (tertiary/aromatic N) is 4. The first kappa shape index (κ1) is 26.2. The minimum atomic E-state index is -4.68. The molecule has 2 fully saturated rings. The Morgan fingerprint density at radius 3 is 2.42 bits per heavy atom. The number of nitrogens with one attached hydrogen (secondary N) is 1. The molecule has 2 aromatic carbocycles. The van der Waals surface area contributed by atoms with Crippen LogP contribution in [0.1, 0.15) is 58.6 Å². The molecule has 1 amide bonds. The third-order valence-corrected chi connectivity index (χ3v) is 8.01. The van der Waals surface area contributed by atoms with Gasteiger partial charge in [-0.05, 0) is 73.6 Å². The molecule has 3 heterocycles. The van der Waals surface area contributed by atoms with Crippen molar-refractivity contribution in [3.8, 4) is 5.75 Å². The van der Waals surface area contributed by atoms with Gasteiger partial charge in [0.25, 0.3) is 5.91 Å². The predicted molar refractivity (Wildman–Crippen MR) is 144 cm³/mol. The van der Waals surface area contributed by atoms with E-state index in [2.05, 4.69) is 49.3 Å². The molecule has 1 spiro atoms. The van der Waals surface area contributed by atoms with E-state index >= 15 is 0 Å². The highest BCUT2D eigenvalue weighted by Gasteiger charge is 2.52. The number of carbonyl (C=O) groups excluding carboxylic acids is 1. The lowest BCUT2D eigenvalue weighted by Gasteiger charge is -2.60. The SMILES string of the molecule is CCc1nn2ccc(C)nc2c1C(=O)NCc1ccc(C2CC3(C2)CN(c2ccc(OC(F)(F)F)cc2)C3)cc1. The third kappa shape index (κ3) is 5.10. The van der Waals surface area contributed by atoms with Crippen molar-refractivity contribution >= 4 is 17.2 Å². The standard InChI is InChI=1S/C30H30F3N5O2/c1-3-25-26(27-35-19(2)12-13-38(27)36-25)28(39)34-16-20-4-6-21(7-5-20)22-14-29(15-22)17-37(18-29)23-8-10-24(11-9-23)40-30(31,32)33/h4-13,22H,3,14-18H2,1-2H3,(H,34,39). The molecule has 4 aromatic rings. The van der Waals surface area contributed by atoms with Gasteiger partial charge in [0.2, 0.25) is 0 Å². The van der Waals surface area contributed by atoms with Gasteiger partial charge in [0.05, 0.1) is 5.69 Å². The summed E-state index contributed by atoms with van der Waals surface area (Å²) in [7, 11) is 0. The van der Waals surface area contributed by atoms with Gasteiger partial charge in [-0.1, -0.05) is 31.2 Å². The molecule has 208 valence electrons. The number of hydrogen-bond donors (Lipinski definition) is 1. The van der Waals surface area contributed by atoms with Crippen molar-refractivity contribution in [1.29, 1.82) is 0 Å². The van der Waals surface area contributed by atoms with Gasteiger partial charge < -0.3 is 15.0 Å². The number of halogens is 3. The van der Waals surface area contributed by atoms with Crippen LogP contribution in [0, 0.1) is 12.3 Å². The lowest BCUT2D eigenvalue weighted by molar-refractivity contribution is -0.274. The molecular weight excluding hydrogens is 519 g/mol. The lowest BCUT2D eigenvalue weighted by Crippen LogP contribution is -2.61. The van der Waals surface area contributed by atoms with Crippen molar-refractivity contribution in [2.75, 3.05) is 18.0 Å². The van der Waals surface area contributed by atoms with Crippen LogP contribution < -0.4 is 15.0 Å². The summed E-state index contributed by atoms with van der Waals surface area (Å²) in [4.78, 5) is 19.8. The molecule has 1 N–H and O–H groups in total. The average molecular weight is 550 g/mol. The quantitative estimate of drug-likeness (QED) is 0.315. The molecule has 1 aliphatic heterocycles. The summed E-state index contributed by atoms with van der Waals surface area (Å²) in [6, 6.07) is 16.4. The van der Waals surface area contributed by atoms with Crippen LogP contribution in [-0.2, 0) is 13.0 Å². The summed E-state index contributed by atoms with van der Waals surface area (Å²) < 4.78 is 42.8. The molecule has 1 saturated heterocycles. The highest BCUT2D eigenvalue weighted by Crippen LogP contribution is 2.56. The second kappa shape index (κ2) is 9.83. The first-order chi connectivity index (χ1) is 19.1. The summed E-state index contributed by atoms with van der Waals surface area (Å²) in [5.41, 5.74) is 6.17. The first-order valence-corrected chi connectivity index (χ1v) is 13.4. The van der Waals surface area contributed by atoms with Crippen LogP contribution in [0.4, 0.5) is 18.9 Å². The molecule has 0 unspecified atom stereocenters. The Labute approximate surface area is 230 Å². The van der Waals surface area contributed by atoms with Gasteiger partial charge in [0.15, 0.2) is 5.65 Å². The van der Waals surface area contributed by atoms with Crippen LogP contribution in [0.15, 0.2) is 60.8 Å². The van der Waals surface area contributed by atoms with Crippen LogP contribution in [0.5, 0.6) is 5.75 Å². The van der Waals surface area contributed by atoms with Gasteiger partial charge in [0, 0.05) is 42.6 Å². The number of aromatic nitrogens is 3. The van der Waals surface area contributed by atoms with Gasteiger partial charge in [-0.3, -0.25) is 4.79 Å². The van der Waals surface area contributed by atoms with E-state index in [0.717, 1.165) is 48.6 Å². The summed E-state index contributed by atoms with van der Waals surface area (Å²) in [5.74, 6) is 0.118. The Kier molecular flexibility index (Phi) is 6.43. The molecule has 2 aliphatic rings. The molecule has 2 aromatic heterocycles. The molecule has 0 atom stereocenters. The maximum atomic E-state index is 13.1. The number of benzene rings is 2. The number of aryl methyl sites for hydroxylation is 2. The zero-order valence-electron chi connectivity index (χ0n) is 22.3. The van der Waals surface area contributed by atoms with Gasteiger partial charge >= 0.3 is 6.36 Å². The molecule has 7 nitrogen and oxygen atoms in total. The fourth-order valence-corrected chi connectivity index (χ4v) is 6.01. The molecule has 0 bridgehead atoms. The van der Waals surface area contributed by atoms with Crippen LogP contribution in [-0.4, -0.2) is 40.0 Å². The summed E-state index contributed by atoms with van der Waals surface area (Å²) in [6.07, 6.45) is -0.0250. The number of ether oxygens (including phenoxy) is 1. The highest BCUT2D eigenvalue weighted by molar-refractivity contribution is 6.01. The maximum Gasteiger partial charge on any atom is 0.573 e. The second-order valence-corrected chi connectivity index (χ2v) is 10.9. The molecule has 1 saturated carbocycles. The molecular formula is C30H30F3N5O2. The van der Waals surface area contributed by atoms with Crippen molar-refractivity contribution in [3.63, 3.8) is 0 Å². The number of rotatable bonds is 7. The van der Waals surface area contributed by atoms with Gasteiger partial charge in [-0.25, -0.2) is 9.50 Å². The van der Waals surface area contributed by atoms with Crippen molar-refractivity contribution < 1.29 is 22.7 Å². The van der Waals surface area contributed by atoms with E-state index in [1.165, 1.54) is 17.7 Å². The number of fused-ring (bicyclic) bond motifs is 1.